The smallest absolute Gasteiger partial charge is 0.151 e. The number of hydrogen-bond acceptors (Lipinski definition) is 3. The van der Waals surface area contributed by atoms with Gasteiger partial charge in [0.1, 0.15) is 0 Å². The SMILES string of the molecule is N=C(C=CN)c1ccco1. The lowest BCUT2D eigenvalue weighted by Gasteiger charge is -1.87. The van der Waals surface area contributed by atoms with E-state index in [-0.39, 0.29) is 5.71 Å². The predicted molar refractivity (Wildman–Crippen MR) is 38.9 cm³/mol. The van der Waals surface area contributed by atoms with Gasteiger partial charge in [-0.2, -0.15) is 0 Å². The van der Waals surface area contributed by atoms with Gasteiger partial charge in [-0.1, -0.05) is 0 Å². The molecule has 0 aliphatic heterocycles. The molecule has 0 aromatic carbocycles. The van der Waals surface area contributed by atoms with Gasteiger partial charge in [0.2, 0.25) is 0 Å². The molecule has 10 heavy (non-hydrogen) atoms. The van der Waals surface area contributed by atoms with E-state index in [9.17, 15) is 0 Å². The molecule has 1 aromatic rings. The van der Waals surface area contributed by atoms with Crippen molar-refractivity contribution in [1.29, 1.82) is 5.41 Å². The summed E-state index contributed by atoms with van der Waals surface area (Å²) in [7, 11) is 0. The molecule has 0 bridgehead atoms. The molecule has 1 aromatic heterocycles. The summed E-state index contributed by atoms with van der Waals surface area (Å²) in [4.78, 5) is 0. The number of allylic oxidation sites excluding steroid dienone is 1. The zero-order chi connectivity index (χ0) is 7.40. The van der Waals surface area contributed by atoms with E-state index in [1.54, 1.807) is 12.1 Å². The summed E-state index contributed by atoms with van der Waals surface area (Å²) in [6.45, 7) is 0. The van der Waals surface area contributed by atoms with Gasteiger partial charge < -0.3 is 10.2 Å². The van der Waals surface area contributed by atoms with Crippen LogP contribution >= 0.6 is 0 Å². The van der Waals surface area contributed by atoms with Crippen LogP contribution in [0.2, 0.25) is 0 Å². The summed E-state index contributed by atoms with van der Waals surface area (Å²) in [6, 6.07) is 3.44. The monoisotopic (exact) mass is 136 g/mol. The Kier molecular flexibility index (Phi) is 1.89. The van der Waals surface area contributed by atoms with E-state index in [2.05, 4.69) is 0 Å². The molecular weight excluding hydrogens is 128 g/mol. The second kappa shape index (κ2) is 2.87. The minimum absolute atomic E-state index is 0.285. The van der Waals surface area contributed by atoms with Crippen molar-refractivity contribution in [3.8, 4) is 0 Å². The minimum Gasteiger partial charge on any atom is -0.463 e. The molecule has 0 atom stereocenters. The van der Waals surface area contributed by atoms with Crippen LogP contribution in [0.4, 0.5) is 0 Å². The molecule has 3 N–H and O–H groups in total. The van der Waals surface area contributed by atoms with Crippen molar-refractivity contribution in [2.24, 2.45) is 5.73 Å². The normalized spacial score (nSPS) is 10.4. The fraction of sp³-hybridized carbons (Fsp3) is 0. The Morgan fingerprint density at radius 1 is 1.70 bits per heavy atom. The lowest BCUT2D eigenvalue weighted by Crippen LogP contribution is -1.92. The van der Waals surface area contributed by atoms with Crippen molar-refractivity contribution in [1.82, 2.24) is 0 Å². The van der Waals surface area contributed by atoms with E-state index in [0.717, 1.165) is 0 Å². The van der Waals surface area contributed by atoms with E-state index in [4.69, 9.17) is 15.6 Å². The maximum atomic E-state index is 7.29. The average Bonchev–Trinajstić information content (AvgIpc) is 2.38. The van der Waals surface area contributed by atoms with Gasteiger partial charge in [-0.05, 0) is 24.4 Å². The van der Waals surface area contributed by atoms with Crippen LogP contribution in [0.5, 0.6) is 0 Å². The molecule has 0 fully saturated rings. The fourth-order valence-corrected chi connectivity index (χ4v) is 0.610. The van der Waals surface area contributed by atoms with Crippen LogP contribution < -0.4 is 5.73 Å². The molecule has 0 aliphatic rings. The highest BCUT2D eigenvalue weighted by Gasteiger charge is 1.97. The summed E-state index contributed by atoms with van der Waals surface area (Å²) < 4.78 is 4.92. The molecule has 0 aliphatic carbocycles. The average molecular weight is 136 g/mol. The number of furan rings is 1. The molecule has 1 heterocycles. The summed E-state index contributed by atoms with van der Waals surface area (Å²) in [6.07, 6.45) is 4.30. The molecule has 0 unspecified atom stereocenters. The first-order valence-corrected chi connectivity index (χ1v) is 2.85. The summed E-state index contributed by atoms with van der Waals surface area (Å²) >= 11 is 0. The van der Waals surface area contributed by atoms with Gasteiger partial charge in [-0.15, -0.1) is 0 Å². The van der Waals surface area contributed by atoms with Crippen LogP contribution in [-0.4, -0.2) is 5.71 Å². The van der Waals surface area contributed by atoms with Crippen LogP contribution in [0.1, 0.15) is 5.76 Å². The first-order chi connectivity index (χ1) is 4.84. The van der Waals surface area contributed by atoms with Gasteiger partial charge in [-0.25, -0.2) is 0 Å². The maximum absolute atomic E-state index is 7.29. The Hall–Kier alpha value is -1.51. The number of nitrogens with one attached hydrogen (secondary N) is 1. The maximum Gasteiger partial charge on any atom is 0.151 e. The van der Waals surface area contributed by atoms with E-state index >= 15 is 0 Å². The van der Waals surface area contributed by atoms with Crippen LogP contribution in [0, 0.1) is 5.41 Å². The summed E-state index contributed by atoms with van der Waals surface area (Å²) in [5.41, 5.74) is 5.36. The molecule has 3 nitrogen and oxygen atoms in total. The van der Waals surface area contributed by atoms with Gasteiger partial charge in [-0.3, -0.25) is 5.41 Å². The zero-order valence-electron chi connectivity index (χ0n) is 5.37. The third kappa shape index (κ3) is 1.25. The van der Waals surface area contributed by atoms with Crippen molar-refractivity contribution in [2.75, 3.05) is 0 Å². The molecule has 3 heteroatoms. The number of rotatable bonds is 2. The molecule has 52 valence electrons. The molecule has 0 saturated carbocycles. The Morgan fingerprint density at radius 2 is 2.50 bits per heavy atom. The molecule has 0 amide bonds. The largest absolute Gasteiger partial charge is 0.463 e. The highest BCUT2D eigenvalue weighted by molar-refractivity contribution is 6.04. The lowest BCUT2D eigenvalue weighted by atomic mass is 10.3. The van der Waals surface area contributed by atoms with Crippen molar-refractivity contribution < 1.29 is 4.42 Å². The molecule has 1 rings (SSSR count). The third-order valence-electron chi connectivity index (χ3n) is 1.05. The Bertz CT molecular complexity index is 236. The lowest BCUT2D eigenvalue weighted by molar-refractivity contribution is 0.558. The van der Waals surface area contributed by atoms with Gasteiger partial charge >= 0.3 is 0 Å². The van der Waals surface area contributed by atoms with Crippen molar-refractivity contribution in [3.05, 3.63) is 36.4 Å². The fourth-order valence-electron chi connectivity index (χ4n) is 0.610. The number of hydrogen-bond donors (Lipinski definition) is 2. The second-order valence-corrected chi connectivity index (χ2v) is 1.75. The molecule has 0 radical (unpaired) electrons. The second-order valence-electron chi connectivity index (χ2n) is 1.75. The van der Waals surface area contributed by atoms with Crippen LogP contribution in [0.25, 0.3) is 0 Å². The van der Waals surface area contributed by atoms with Crippen molar-refractivity contribution in [2.45, 2.75) is 0 Å². The Morgan fingerprint density at radius 3 is 3.00 bits per heavy atom. The summed E-state index contributed by atoms with van der Waals surface area (Å²) in [5.74, 6) is 0.529. The first-order valence-electron chi connectivity index (χ1n) is 2.85. The summed E-state index contributed by atoms with van der Waals surface area (Å²) in [5, 5.41) is 7.29. The zero-order valence-corrected chi connectivity index (χ0v) is 5.37. The van der Waals surface area contributed by atoms with Crippen LogP contribution in [-0.2, 0) is 0 Å². The van der Waals surface area contributed by atoms with Crippen molar-refractivity contribution >= 4 is 5.71 Å². The van der Waals surface area contributed by atoms with Gasteiger partial charge in [0.25, 0.3) is 0 Å². The molecule has 0 saturated heterocycles. The van der Waals surface area contributed by atoms with E-state index in [1.165, 1.54) is 18.5 Å². The minimum atomic E-state index is 0.285. The predicted octanol–water partition coefficient (Wildman–Crippen LogP) is 1.12. The van der Waals surface area contributed by atoms with Gasteiger partial charge in [0.05, 0.1) is 12.0 Å². The van der Waals surface area contributed by atoms with E-state index in [1.807, 2.05) is 0 Å². The first kappa shape index (κ1) is 6.61. The van der Waals surface area contributed by atoms with E-state index < -0.39 is 0 Å². The van der Waals surface area contributed by atoms with Crippen LogP contribution in [0.3, 0.4) is 0 Å². The van der Waals surface area contributed by atoms with E-state index in [0.29, 0.717) is 5.76 Å². The third-order valence-corrected chi connectivity index (χ3v) is 1.05. The highest BCUT2D eigenvalue weighted by Crippen LogP contribution is 2.00. The number of nitrogens with two attached hydrogens (primary N) is 1. The van der Waals surface area contributed by atoms with Crippen molar-refractivity contribution in [3.63, 3.8) is 0 Å². The Labute approximate surface area is 58.7 Å². The Balaban J connectivity index is 2.78. The molecular formula is C7H8N2O. The standard InChI is InChI=1S/C7H8N2O/c8-4-3-6(9)7-2-1-5-10-7/h1-5,9H,8H2. The van der Waals surface area contributed by atoms with Gasteiger partial charge in [0, 0.05) is 0 Å². The van der Waals surface area contributed by atoms with Crippen LogP contribution in [0.15, 0.2) is 35.1 Å². The van der Waals surface area contributed by atoms with Gasteiger partial charge in [0.15, 0.2) is 5.76 Å². The quantitative estimate of drug-likeness (QED) is 0.598. The highest BCUT2D eigenvalue weighted by atomic mass is 16.3. The topological polar surface area (TPSA) is 63.0 Å². The molecule has 0 spiro atoms.